The van der Waals surface area contributed by atoms with E-state index in [1.54, 1.807) is 34.5 Å². The van der Waals surface area contributed by atoms with Gasteiger partial charge in [0, 0.05) is 11.8 Å². The molecule has 0 radical (unpaired) electrons. The Morgan fingerprint density at radius 3 is 2.55 bits per heavy atom. The molecule has 0 aliphatic carbocycles. The van der Waals surface area contributed by atoms with Crippen molar-refractivity contribution in [2.45, 2.75) is 12.8 Å². The Bertz CT molecular complexity index is 1340. The molecule has 1 aliphatic heterocycles. The van der Waals surface area contributed by atoms with Gasteiger partial charge in [0.05, 0.1) is 7.05 Å². The highest BCUT2D eigenvalue weighted by molar-refractivity contribution is 6.29. The Balaban J connectivity index is 1.68. The lowest BCUT2D eigenvalue weighted by Crippen LogP contribution is -2.42. The molecule has 3 heterocycles. The number of aromatic nitrogens is 3. The summed E-state index contributed by atoms with van der Waals surface area (Å²) in [5.74, 6) is 0.477. The van der Waals surface area contributed by atoms with E-state index >= 15 is 0 Å². The zero-order valence-electron chi connectivity index (χ0n) is 16.7. The van der Waals surface area contributed by atoms with Crippen LogP contribution in [0.1, 0.15) is 17.6 Å². The summed E-state index contributed by atoms with van der Waals surface area (Å²) in [4.78, 5) is 17.7. The molecule has 2 aromatic heterocycles. The number of fused-ring (bicyclic) bond motifs is 1. The molecule has 0 fully saturated rings. The molecule has 2 aromatic carbocycles. The van der Waals surface area contributed by atoms with E-state index in [0.717, 1.165) is 11.1 Å². The molecule has 31 heavy (non-hydrogen) atoms. The number of halogens is 1. The summed E-state index contributed by atoms with van der Waals surface area (Å²) < 4.78 is 9.06. The molecular formula is C24H19ClN3O3+. The molecule has 0 amide bonds. The van der Waals surface area contributed by atoms with Crippen molar-refractivity contribution in [3.63, 3.8) is 0 Å². The van der Waals surface area contributed by atoms with Gasteiger partial charge in [-0.15, -0.1) is 0 Å². The van der Waals surface area contributed by atoms with Crippen LogP contribution in [0.25, 0.3) is 22.3 Å². The van der Waals surface area contributed by atoms with Crippen molar-refractivity contribution in [3.05, 3.63) is 99.8 Å². The molecule has 154 valence electrons. The van der Waals surface area contributed by atoms with E-state index in [4.69, 9.17) is 16.3 Å². The molecule has 1 atom stereocenters. The summed E-state index contributed by atoms with van der Waals surface area (Å²) in [5.41, 5.74) is 3.23. The maximum Gasteiger partial charge on any atom is 0.351 e. The number of pyridine rings is 1. The van der Waals surface area contributed by atoms with E-state index in [-0.39, 0.29) is 23.6 Å². The second kappa shape index (κ2) is 7.65. The quantitative estimate of drug-likeness (QED) is 0.394. The van der Waals surface area contributed by atoms with Crippen molar-refractivity contribution in [2.24, 2.45) is 7.05 Å². The van der Waals surface area contributed by atoms with Crippen LogP contribution >= 0.6 is 11.6 Å². The number of ether oxygens (including phenoxy) is 1. The lowest BCUT2D eigenvalue weighted by Gasteiger charge is -2.12. The third kappa shape index (κ3) is 3.30. The zero-order chi connectivity index (χ0) is 21.5. The highest BCUT2D eigenvalue weighted by Gasteiger charge is 2.39. The largest absolute Gasteiger partial charge is 0.477 e. The second-order valence-electron chi connectivity index (χ2n) is 7.37. The van der Waals surface area contributed by atoms with Crippen LogP contribution in [0.2, 0.25) is 5.15 Å². The van der Waals surface area contributed by atoms with Gasteiger partial charge in [-0.2, -0.15) is 4.57 Å². The minimum Gasteiger partial charge on any atom is -0.477 e. The summed E-state index contributed by atoms with van der Waals surface area (Å²) >= 11 is 5.91. The predicted octanol–water partition coefficient (Wildman–Crippen LogP) is 3.84. The second-order valence-corrected chi connectivity index (χ2v) is 7.76. The first-order valence-corrected chi connectivity index (χ1v) is 10.2. The lowest BCUT2D eigenvalue weighted by molar-refractivity contribution is -0.689. The summed E-state index contributed by atoms with van der Waals surface area (Å²) in [7, 11) is 1.72. The number of benzene rings is 2. The fraction of sp³-hybridized carbons (Fsp3) is 0.125. The van der Waals surface area contributed by atoms with Crippen LogP contribution in [0.3, 0.4) is 0 Å². The molecule has 1 aliphatic rings. The van der Waals surface area contributed by atoms with E-state index in [1.807, 2.05) is 54.6 Å². The Morgan fingerprint density at radius 2 is 1.81 bits per heavy atom. The summed E-state index contributed by atoms with van der Waals surface area (Å²) in [5, 5.41) is 11.3. The third-order valence-corrected chi connectivity index (χ3v) is 5.76. The SMILES string of the molecule is C[n+]1c(O)c(-c2cccc(-c3ccccc3)c2)c(=O)n2c1COC2c1ccc(Cl)nc1. The number of rotatable bonds is 3. The predicted molar refractivity (Wildman–Crippen MR) is 117 cm³/mol. The highest BCUT2D eigenvalue weighted by atomic mass is 35.5. The van der Waals surface area contributed by atoms with Crippen LogP contribution in [0.15, 0.2) is 77.7 Å². The zero-order valence-corrected chi connectivity index (χ0v) is 17.5. The minimum absolute atomic E-state index is 0.0973. The van der Waals surface area contributed by atoms with E-state index in [1.165, 1.54) is 0 Å². The molecule has 1 unspecified atom stereocenters. The van der Waals surface area contributed by atoms with E-state index in [2.05, 4.69) is 4.98 Å². The average molecular weight is 433 g/mol. The molecular weight excluding hydrogens is 414 g/mol. The number of aromatic hydroxyl groups is 1. The first kappa shape index (κ1) is 19.5. The molecule has 0 saturated carbocycles. The van der Waals surface area contributed by atoms with Gasteiger partial charge in [0.15, 0.2) is 12.2 Å². The van der Waals surface area contributed by atoms with Gasteiger partial charge in [0.1, 0.15) is 5.15 Å². The maximum absolute atomic E-state index is 13.6. The summed E-state index contributed by atoms with van der Waals surface area (Å²) in [6.07, 6.45) is 0.951. The number of nitrogens with zero attached hydrogens (tertiary/aromatic N) is 3. The van der Waals surface area contributed by atoms with Gasteiger partial charge in [-0.1, -0.05) is 60.1 Å². The molecule has 0 bridgehead atoms. The Hall–Kier alpha value is -3.48. The van der Waals surface area contributed by atoms with Crippen LogP contribution in [0, 0.1) is 0 Å². The fourth-order valence-corrected chi connectivity index (χ4v) is 4.05. The van der Waals surface area contributed by atoms with E-state index < -0.39 is 6.23 Å². The van der Waals surface area contributed by atoms with Crippen molar-refractivity contribution in [1.82, 2.24) is 9.55 Å². The van der Waals surface area contributed by atoms with Crippen molar-refractivity contribution in [3.8, 4) is 28.1 Å². The maximum atomic E-state index is 13.6. The van der Waals surface area contributed by atoms with Gasteiger partial charge < -0.3 is 9.84 Å². The van der Waals surface area contributed by atoms with Gasteiger partial charge in [0.2, 0.25) is 6.23 Å². The third-order valence-electron chi connectivity index (χ3n) is 5.54. The molecule has 0 spiro atoms. The fourth-order valence-electron chi connectivity index (χ4n) is 3.94. The van der Waals surface area contributed by atoms with Gasteiger partial charge >= 0.3 is 5.56 Å². The smallest absolute Gasteiger partial charge is 0.351 e. The molecule has 1 N–H and O–H groups in total. The van der Waals surface area contributed by atoms with Crippen LogP contribution in [-0.4, -0.2) is 14.7 Å². The molecule has 4 aromatic rings. The minimum atomic E-state index is -0.643. The normalized spacial score (nSPS) is 15.1. The Labute approximate surface area is 183 Å². The van der Waals surface area contributed by atoms with Gasteiger partial charge in [0.25, 0.3) is 11.7 Å². The van der Waals surface area contributed by atoms with Crippen molar-refractivity contribution >= 4 is 11.6 Å². The first-order valence-electron chi connectivity index (χ1n) is 9.80. The topological polar surface area (TPSA) is 68.2 Å². The van der Waals surface area contributed by atoms with Crippen LogP contribution in [0.5, 0.6) is 5.88 Å². The lowest BCUT2D eigenvalue weighted by atomic mass is 10.00. The van der Waals surface area contributed by atoms with E-state index in [0.29, 0.717) is 22.1 Å². The molecule has 6 nitrogen and oxygen atoms in total. The van der Waals surface area contributed by atoms with Crippen LogP contribution in [0.4, 0.5) is 0 Å². The van der Waals surface area contributed by atoms with Gasteiger partial charge in [-0.05, 0) is 34.9 Å². The number of hydrogen-bond donors (Lipinski definition) is 1. The standard InChI is InChI=1S/C24H18ClN3O3/c1-27-20-14-31-24(18-10-11-19(25)26-13-18)28(20)23(30)21(22(27)29)17-9-5-8-16(12-17)15-6-3-2-4-7-15/h2-13,24H,14H2,1H3/p+1. The Morgan fingerprint density at radius 1 is 1.06 bits per heavy atom. The Kier molecular flexibility index (Phi) is 4.81. The summed E-state index contributed by atoms with van der Waals surface area (Å²) in [6.45, 7) is 0.191. The van der Waals surface area contributed by atoms with Gasteiger partial charge in [-0.3, -0.25) is 0 Å². The van der Waals surface area contributed by atoms with Crippen LogP contribution < -0.4 is 10.1 Å². The van der Waals surface area contributed by atoms with Crippen molar-refractivity contribution in [1.29, 1.82) is 0 Å². The van der Waals surface area contributed by atoms with Crippen molar-refractivity contribution in [2.75, 3.05) is 0 Å². The number of hydrogen-bond acceptors (Lipinski definition) is 4. The molecule has 0 saturated heterocycles. The van der Waals surface area contributed by atoms with E-state index in [9.17, 15) is 9.90 Å². The monoisotopic (exact) mass is 432 g/mol. The average Bonchev–Trinajstić information content (AvgIpc) is 3.25. The first-order chi connectivity index (χ1) is 15.0. The highest BCUT2D eigenvalue weighted by Crippen LogP contribution is 2.32. The van der Waals surface area contributed by atoms with Crippen molar-refractivity contribution < 1.29 is 14.4 Å². The van der Waals surface area contributed by atoms with Crippen LogP contribution in [-0.2, 0) is 18.4 Å². The summed E-state index contributed by atoms with van der Waals surface area (Å²) in [6, 6.07) is 20.9. The molecule has 5 rings (SSSR count). The van der Waals surface area contributed by atoms with Gasteiger partial charge in [-0.25, -0.2) is 14.3 Å². The molecule has 7 heteroatoms.